The summed E-state index contributed by atoms with van der Waals surface area (Å²) in [6.07, 6.45) is -2.38. The molecule has 0 bridgehead atoms. The molecule has 8 heteroatoms. The van der Waals surface area contributed by atoms with Crippen LogP contribution in [0.5, 0.6) is 5.75 Å². The molecule has 1 saturated heterocycles. The van der Waals surface area contributed by atoms with Crippen molar-refractivity contribution in [2.75, 3.05) is 13.1 Å². The van der Waals surface area contributed by atoms with Gasteiger partial charge in [0.15, 0.2) is 0 Å². The molecule has 0 amide bonds. The maximum absolute atomic E-state index is 12.3. The van der Waals surface area contributed by atoms with Gasteiger partial charge in [0.05, 0.1) is 4.47 Å². The van der Waals surface area contributed by atoms with Crippen LogP contribution in [-0.4, -0.2) is 30.4 Å². The van der Waals surface area contributed by atoms with Crippen LogP contribution in [0, 0.1) is 11.8 Å². The largest absolute Gasteiger partial charge is 0.573 e. The van der Waals surface area contributed by atoms with E-state index in [4.69, 9.17) is 5.73 Å². The summed E-state index contributed by atoms with van der Waals surface area (Å²) < 4.78 is 41.0. The van der Waals surface area contributed by atoms with E-state index in [1.54, 1.807) is 12.1 Å². The summed E-state index contributed by atoms with van der Waals surface area (Å²) >= 11 is 3.14. The van der Waals surface area contributed by atoms with Gasteiger partial charge in [-0.2, -0.15) is 0 Å². The molecule has 2 N–H and O–H groups in total. The Kier molecular flexibility index (Phi) is 5.87. The lowest BCUT2D eigenvalue weighted by molar-refractivity contribution is -0.274. The number of nitrogens with zero attached hydrogens (tertiary/aromatic N) is 1. The highest BCUT2D eigenvalue weighted by molar-refractivity contribution is 9.10. The summed E-state index contributed by atoms with van der Waals surface area (Å²) in [6.45, 7) is 2.73. The second-order valence-corrected chi connectivity index (χ2v) is 7.03. The molecule has 0 spiro atoms. The Hall–Kier alpha value is -0.500. The van der Waals surface area contributed by atoms with Crippen LogP contribution < -0.4 is 10.5 Å². The average molecular weight is 416 g/mol. The lowest BCUT2D eigenvalue weighted by Gasteiger charge is -2.19. The van der Waals surface area contributed by atoms with E-state index in [1.165, 1.54) is 12.5 Å². The summed E-state index contributed by atoms with van der Waals surface area (Å²) in [5.74, 6) is 1.03. The Morgan fingerprint density at radius 3 is 2.61 bits per heavy atom. The third-order valence-corrected chi connectivity index (χ3v) is 5.24. The molecule has 3 rings (SSSR count). The van der Waals surface area contributed by atoms with Gasteiger partial charge < -0.3 is 10.5 Å². The van der Waals surface area contributed by atoms with Crippen molar-refractivity contribution in [3.63, 3.8) is 0 Å². The van der Waals surface area contributed by atoms with E-state index >= 15 is 0 Å². The third-order valence-electron chi connectivity index (χ3n) is 4.62. The molecule has 1 aromatic rings. The Bertz CT molecular complexity index is 558. The van der Waals surface area contributed by atoms with E-state index in [0.29, 0.717) is 22.4 Å². The Labute approximate surface area is 147 Å². The molecule has 3 atom stereocenters. The van der Waals surface area contributed by atoms with E-state index in [9.17, 15) is 13.2 Å². The Morgan fingerprint density at radius 2 is 2.00 bits per heavy atom. The van der Waals surface area contributed by atoms with Crippen LogP contribution >= 0.6 is 28.3 Å². The number of nitrogens with two attached hydrogens (primary N) is 1. The van der Waals surface area contributed by atoms with Crippen LogP contribution in [0.15, 0.2) is 22.7 Å². The smallest absolute Gasteiger partial charge is 0.405 e. The van der Waals surface area contributed by atoms with Crippen LogP contribution in [0.2, 0.25) is 0 Å². The quantitative estimate of drug-likeness (QED) is 0.813. The molecule has 130 valence electrons. The number of benzene rings is 1. The molecule has 1 aromatic carbocycles. The third kappa shape index (κ3) is 4.53. The maximum Gasteiger partial charge on any atom is 0.573 e. The summed E-state index contributed by atoms with van der Waals surface area (Å²) in [4.78, 5) is 2.33. The summed E-state index contributed by atoms with van der Waals surface area (Å²) in [5.41, 5.74) is 7.09. The van der Waals surface area contributed by atoms with Crippen molar-refractivity contribution >= 4 is 28.3 Å². The number of likely N-dealkylation sites (tertiary alicyclic amines) is 1. The molecule has 2 fully saturated rings. The van der Waals surface area contributed by atoms with Gasteiger partial charge >= 0.3 is 6.36 Å². The predicted molar refractivity (Wildman–Crippen MR) is 87.5 cm³/mol. The standard InChI is InChI=1S/C15H18BrF3N2O.ClH/c16-12-5-9(1-4-14(12)22-15(17,18)19)6-21-7-10-2-3-13(20)11(10)8-21;/h1,4-5,10-11,13H,2-3,6-8,20H2;1H. The van der Waals surface area contributed by atoms with Crippen LogP contribution in [0.1, 0.15) is 18.4 Å². The van der Waals surface area contributed by atoms with Crippen molar-refractivity contribution in [1.29, 1.82) is 0 Å². The molecule has 1 saturated carbocycles. The molecule has 0 radical (unpaired) electrons. The zero-order valence-electron chi connectivity index (χ0n) is 12.4. The maximum atomic E-state index is 12.3. The number of fused-ring (bicyclic) bond motifs is 1. The first kappa shape index (κ1) is 18.8. The first-order chi connectivity index (χ1) is 10.3. The van der Waals surface area contributed by atoms with Crippen molar-refractivity contribution in [3.8, 4) is 5.75 Å². The number of halogens is 5. The van der Waals surface area contributed by atoms with Crippen molar-refractivity contribution in [3.05, 3.63) is 28.2 Å². The molecule has 2 aliphatic rings. The number of hydrogen-bond donors (Lipinski definition) is 1. The highest BCUT2D eigenvalue weighted by atomic mass is 79.9. The van der Waals surface area contributed by atoms with Gasteiger partial charge in [-0.15, -0.1) is 25.6 Å². The van der Waals surface area contributed by atoms with Crippen LogP contribution in [0.3, 0.4) is 0 Å². The number of ether oxygens (including phenoxy) is 1. The minimum Gasteiger partial charge on any atom is -0.405 e. The van der Waals surface area contributed by atoms with E-state index in [-0.39, 0.29) is 18.2 Å². The SMILES string of the molecule is Cl.NC1CCC2CN(Cc3ccc(OC(F)(F)F)c(Br)c3)CC12. The van der Waals surface area contributed by atoms with Crippen molar-refractivity contribution in [2.45, 2.75) is 31.8 Å². The zero-order valence-corrected chi connectivity index (χ0v) is 14.8. The summed E-state index contributed by atoms with van der Waals surface area (Å²) in [6, 6.07) is 5.02. The van der Waals surface area contributed by atoms with Crippen molar-refractivity contribution in [2.24, 2.45) is 17.6 Å². The first-order valence-corrected chi connectivity index (χ1v) is 8.13. The van der Waals surface area contributed by atoms with E-state index in [0.717, 1.165) is 31.6 Å². The lowest BCUT2D eigenvalue weighted by atomic mass is 9.98. The van der Waals surface area contributed by atoms with E-state index < -0.39 is 6.36 Å². The topological polar surface area (TPSA) is 38.5 Å². The minimum atomic E-state index is -4.67. The van der Waals surface area contributed by atoms with E-state index in [1.807, 2.05) is 0 Å². The van der Waals surface area contributed by atoms with Gasteiger partial charge in [0.1, 0.15) is 5.75 Å². The molecular formula is C15H19BrClF3N2O. The monoisotopic (exact) mass is 414 g/mol. The fourth-order valence-corrected chi connectivity index (χ4v) is 4.14. The molecule has 1 heterocycles. The normalized spacial score (nSPS) is 27.6. The fraction of sp³-hybridized carbons (Fsp3) is 0.600. The summed E-state index contributed by atoms with van der Waals surface area (Å²) in [7, 11) is 0. The lowest BCUT2D eigenvalue weighted by Crippen LogP contribution is -2.30. The second kappa shape index (κ2) is 7.17. The van der Waals surface area contributed by atoms with Gasteiger partial charge in [-0.1, -0.05) is 6.07 Å². The second-order valence-electron chi connectivity index (χ2n) is 6.17. The van der Waals surface area contributed by atoms with Crippen LogP contribution in [0.4, 0.5) is 13.2 Å². The van der Waals surface area contributed by atoms with Gasteiger partial charge in [-0.25, -0.2) is 0 Å². The summed E-state index contributed by atoms with van der Waals surface area (Å²) in [5, 5.41) is 0. The van der Waals surface area contributed by atoms with Crippen LogP contribution in [-0.2, 0) is 6.54 Å². The first-order valence-electron chi connectivity index (χ1n) is 7.34. The highest BCUT2D eigenvalue weighted by Gasteiger charge is 2.40. The van der Waals surface area contributed by atoms with Gasteiger partial charge in [0, 0.05) is 25.7 Å². The molecule has 0 aromatic heterocycles. The number of rotatable bonds is 3. The molecule has 23 heavy (non-hydrogen) atoms. The molecule has 3 nitrogen and oxygen atoms in total. The van der Waals surface area contributed by atoms with Gasteiger partial charge in [-0.05, 0) is 58.3 Å². The number of alkyl halides is 3. The van der Waals surface area contributed by atoms with Gasteiger partial charge in [-0.3, -0.25) is 4.90 Å². The fourth-order valence-electron chi connectivity index (χ4n) is 3.64. The van der Waals surface area contributed by atoms with Gasteiger partial charge in [0.25, 0.3) is 0 Å². The molecule has 3 unspecified atom stereocenters. The molecule has 1 aliphatic carbocycles. The van der Waals surface area contributed by atoms with Crippen LogP contribution in [0.25, 0.3) is 0 Å². The predicted octanol–water partition coefficient (Wildman–Crippen LogP) is 3.94. The number of hydrogen-bond acceptors (Lipinski definition) is 3. The Morgan fingerprint density at radius 1 is 1.26 bits per heavy atom. The van der Waals surface area contributed by atoms with Crippen molar-refractivity contribution < 1.29 is 17.9 Å². The molecular weight excluding hydrogens is 397 g/mol. The zero-order chi connectivity index (χ0) is 15.9. The highest BCUT2D eigenvalue weighted by Crippen LogP contribution is 2.38. The van der Waals surface area contributed by atoms with E-state index in [2.05, 4.69) is 25.6 Å². The Balaban J connectivity index is 0.00000192. The van der Waals surface area contributed by atoms with Crippen molar-refractivity contribution in [1.82, 2.24) is 4.90 Å². The average Bonchev–Trinajstić information content (AvgIpc) is 2.94. The molecule has 1 aliphatic heterocycles. The minimum absolute atomic E-state index is 0. The van der Waals surface area contributed by atoms with Gasteiger partial charge in [0.2, 0.25) is 0 Å².